The molecular formula is C33H32Cl3N3O4S. The second-order valence-electron chi connectivity index (χ2n) is 10.4. The van der Waals surface area contributed by atoms with E-state index in [0.29, 0.717) is 20.6 Å². The summed E-state index contributed by atoms with van der Waals surface area (Å²) < 4.78 is 29.0. The SMILES string of the molecule is CC(C)NC(=O)[C@@H](Cc1ccccc1)N(Cc1c(Cl)cccc1Cl)C(=O)CN(c1ccccc1)S(=O)(=O)c1ccc(Cl)cc1. The summed E-state index contributed by atoms with van der Waals surface area (Å²) >= 11 is 19.1. The second kappa shape index (κ2) is 14.9. The molecule has 0 saturated carbocycles. The number of rotatable bonds is 12. The standard InChI is InChI=1S/C33H32Cl3N3O4S/c1-23(2)37-33(41)31(20-24-10-5-3-6-11-24)38(21-28-29(35)14-9-15-30(28)36)32(40)22-39(26-12-7-4-8-13-26)44(42,43)27-18-16-25(34)17-19-27/h3-19,23,31H,20-22H2,1-2H3,(H,37,41)/t31-/m1/s1. The first kappa shape index (κ1) is 33.3. The van der Waals surface area contributed by atoms with Gasteiger partial charge in [0, 0.05) is 39.6 Å². The molecule has 44 heavy (non-hydrogen) atoms. The number of nitrogens with one attached hydrogen (secondary N) is 1. The fourth-order valence-electron chi connectivity index (χ4n) is 4.65. The van der Waals surface area contributed by atoms with Crippen molar-refractivity contribution in [2.45, 2.75) is 43.8 Å². The highest BCUT2D eigenvalue weighted by atomic mass is 35.5. The van der Waals surface area contributed by atoms with Crippen molar-refractivity contribution in [3.63, 3.8) is 0 Å². The molecule has 1 N–H and O–H groups in total. The Morgan fingerprint density at radius 3 is 1.91 bits per heavy atom. The number of carbonyl (C=O) groups excluding carboxylic acids is 2. The molecule has 0 heterocycles. The minimum absolute atomic E-state index is 0.0439. The molecule has 4 rings (SSSR count). The van der Waals surface area contributed by atoms with Crippen LogP contribution in [0, 0.1) is 0 Å². The number of halogens is 3. The van der Waals surface area contributed by atoms with Crippen molar-refractivity contribution in [2.75, 3.05) is 10.8 Å². The molecule has 11 heteroatoms. The molecule has 4 aromatic carbocycles. The average Bonchev–Trinajstić information content (AvgIpc) is 2.99. The summed E-state index contributed by atoms with van der Waals surface area (Å²) in [6, 6.07) is 27.0. The zero-order valence-electron chi connectivity index (χ0n) is 24.2. The average molecular weight is 673 g/mol. The molecular weight excluding hydrogens is 641 g/mol. The molecule has 0 radical (unpaired) electrons. The monoisotopic (exact) mass is 671 g/mol. The molecule has 0 aliphatic carbocycles. The van der Waals surface area contributed by atoms with Gasteiger partial charge in [-0.3, -0.25) is 13.9 Å². The molecule has 0 fully saturated rings. The summed E-state index contributed by atoms with van der Waals surface area (Å²) in [4.78, 5) is 29.5. The third-order valence-electron chi connectivity index (χ3n) is 6.82. The topological polar surface area (TPSA) is 86.8 Å². The minimum Gasteiger partial charge on any atom is -0.352 e. The van der Waals surface area contributed by atoms with Gasteiger partial charge in [0.1, 0.15) is 12.6 Å². The largest absolute Gasteiger partial charge is 0.352 e. The van der Waals surface area contributed by atoms with Gasteiger partial charge in [0.05, 0.1) is 10.6 Å². The molecule has 2 amide bonds. The number of hydrogen-bond donors (Lipinski definition) is 1. The Hall–Kier alpha value is -3.56. The van der Waals surface area contributed by atoms with Crippen LogP contribution in [0.1, 0.15) is 25.0 Å². The van der Waals surface area contributed by atoms with Gasteiger partial charge in [-0.05, 0) is 67.9 Å². The molecule has 0 bridgehead atoms. The van der Waals surface area contributed by atoms with E-state index < -0.39 is 34.4 Å². The van der Waals surface area contributed by atoms with Gasteiger partial charge >= 0.3 is 0 Å². The zero-order valence-corrected chi connectivity index (χ0v) is 27.2. The first-order valence-electron chi connectivity index (χ1n) is 13.9. The van der Waals surface area contributed by atoms with Gasteiger partial charge in [0.2, 0.25) is 11.8 Å². The van der Waals surface area contributed by atoms with Crippen molar-refractivity contribution in [2.24, 2.45) is 0 Å². The van der Waals surface area contributed by atoms with Gasteiger partial charge in [0.25, 0.3) is 10.0 Å². The third kappa shape index (κ3) is 8.33. The summed E-state index contributed by atoms with van der Waals surface area (Å²) in [5.41, 5.74) is 1.53. The van der Waals surface area contributed by atoms with E-state index in [1.807, 2.05) is 44.2 Å². The van der Waals surface area contributed by atoms with Crippen molar-refractivity contribution < 1.29 is 18.0 Å². The van der Waals surface area contributed by atoms with Crippen LogP contribution < -0.4 is 9.62 Å². The van der Waals surface area contributed by atoms with E-state index in [4.69, 9.17) is 34.8 Å². The fraction of sp³-hybridized carbons (Fsp3) is 0.212. The Morgan fingerprint density at radius 2 is 1.34 bits per heavy atom. The maximum Gasteiger partial charge on any atom is 0.264 e. The second-order valence-corrected chi connectivity index (χ2v) is 13.5. The number of anilines is 1. The van der Waals surface area contributed by atoms with E-state index in [2.05, 4.69) is 5.32 Å². The molecule has 1 atom stereocenters. The van der Waals surface area contributed by atoms with Crippen molar-refractivity contribution in [3.8, 4) is 0 Å². The first-order chi connectivity index (χ1) is 21.0. The lowest BCUT2D eigenvalue weighted by Gasteiger charge is -2.34. The van der Waals surface area contributed by atoms with Gasteiger partial charge in [-0.15, -0.1) is 0 Å². The van der Waals surface area contributed by atoms with Gasteiger partial charge in [0.15, 0.2) is 0 Å². The van der Waals surface area contributed by atoms with Crippen LogP contribution in [0.3, 0.4) is 0 Å². The summed E-state index contributed by atoms with van der Waals surface area (Å²) in [5, 5.41) is 3.91. The predicted octanol–water partition coefficient (Wildman–Crippen LogP) is 7.01. The minimum atomic E-state index is -4.24. The summed E-state index contributed by atoms with van der Waals surface area (Å²) in [7, 11) is -4.24. The van der Waals surface area contributed by atoms with Gasteiger partial charge < -0.3 is 10.2 Å². The van der Waals surface area contributed by atoms with Crippen molar-refractivity contribution in [3.05, 3.63) is 129 Å². The molecule has 0 aliphatic heterocycles. The molecule has 0 aromatic heterocycles. The Labute approximate surface area is 273 Å². The van der Waals surface area contributed by atoms with Crippen molar-refractivity contribution in [1.82, 2.24) is 10.2 Å². The van der Waals surface area contributed by atoms with Crippen LogP contribution in [0.4, 0.5) is 5.69 Å². The lowest BCUT2D eigenvalue weighted by molar-refractivity contribution is -0.140. The smallest absolute Gasteiger partial charge is 0.264 e. The van der Waals surface area contributed by atoms with Crippen molar-refractivity contribution >= 4 is 62.3 Å². The number of benzene rings is 4. The summed E-state index contributed by atoms with van der Waals surface area (Å²) in [6.45, 7) is 2.91. The quantitative estimate of drug-likeness (QED) is 0.176. The van der Waals surface area contributed by atoms with E-state index in [1.165, 1.54) is 29.2 Å². The van der Waals surface area contributed by atoms with Crippen LogP contribution >= 0.6 is 34.8 Å². The Bertz CT molecular complexity index is 1670. The molecule has 4 aromatic rings. The Morgan fingerprint density at radius 1 is 0.773 bits per heavy atom. The fourth-order valence-corrected chi connectivity index (χ4v) is 6.70. The third-order valence-corrected chi connectivity index (χ3v) is 9.57. The van der Waals surface area contributed by atoms with Gasteiger partial charge in [-0.1, -0.05) is 89.4 Å². The molecule has 0 spiro atoms. The molecule has 0 unspecified atom stereocenters. The molecule has 0 saturated heterocycles. The van der Waals surface area contributed by atoms with E-state index in [-0.39, 0.29) is 29.6 Å². The molecule has 0 aliphatic rings. The number of nitrogens with zero attached hydrogens (tertiary/aromatic N) is 2. The Kier molecular flexibility index (Phi) is 11.3. The number of amides is 2. The highest BCUT2D eigenvalue weighted by Crippen LogP contribution is 2.29. The summed E-state index contributed by atoms with van der Waals surface area (Å²) in [5.74, 6) is -1.02. The zero-order chi connectivity index (χ0) is 31.9. The van der Waals surface area contributed by atoms with E-state index in [9.17, 15) is 18.0 Å². The van der Waals surface area contributed by atoms with Crippen LogP contribution in [-0.2, 0) is 32.6 Å². The number of sulfonamides is 1. The van der Waals surface area contributed by atoms with Crippen LogP contribution in [0.25, 0.3) is 0 Å². The van der Waals surface area contributed by atoms with E-state index in [1.54, 1.807) is 48.5 Å². The van der Waals surface area contributed by atoms with Crippen LogP contribution in [0.2, 0.25) is 15.1 Å². The van der Waals surface area contributed by atoms with Gasteiger partial charge in [-0.25, -0.2) is 8.42 Å². The van der Waals surface area contributed by atoms with Crippen molar-refractivity contribution in [1.29, 1.82) is 0 Å². The lowest BCUT2D eigenvalue weighted by Crippen LogP contribution is -2.54. The highest BCUT2D eigenvalue weighted by molar-refractivity contribution is 7.92. The molecule has 230 valence electrons. The van der Waals surface area contributed by atoms with Crippen LogP contribution in [-0.4, -0.2) is 43.8 Å². The number of para-hydroxylation sites is 1. The maximum absolute atomic E-state index is 14.4. The lowest BCUT2D eigenvalue weighted by atomic mass is 10.0. The van der Waals surface area contributed by atoms with Gasteiger partial charge in [-0.2, -0.15) is 0 Å². The Balaban J connectivity index is 1.82. The van der Waals surface area contributed by atoms with E-state index in [0.717, 1.165) is 9.87 Å². The van der Waals surface area contributed by atoms with Crippen LogP contribution in [0.15, 0.2) is 108 Å². The normalized spacial score (nSPS) is 12.0. The predicted molar refractivity (Wildman–Crippen MR) is 177 cm³/mol. The number of carbonyl (C=O) groups is 2. The highest BCUT2D eigenvalue weighted by Gasteiger charge is 2.35. The maximum atomic E-state index is 14.4. The first-order valence-corrected chi connectivity index (χ1v) is 16.4. The van der Waals surface area contributed by atoms with Crippen LogP contribution in [0.5, 0.6) is 0 Å². The summed E-state index contributed by atoms with van der Waals surface area (Å²) in [6.07, 6.45) is 0.169. The van der Waals surface area contributed by atoms with E-state index >= 15 is 0 Å². The number of hydrogen-bond acceptors (Lipinski definition) is 4. The molecule has 7 nitrogen and oxygen atoms in total.